The van der Waals surface area contributed by atoms with Crippen molar-refractivity contribution in [3.63, 3.8) is 0 Å². The zero-order valence-corrected chi connectivity index (χ0v) is 10.8. The number of alkyl halides is 1. The lowest BCUT2D eigenvalue weighted by Crippen LogP contribution is -2.24. The third-order valence-electron chi connectivity index (χ3n) is 2.25. The number of allylic oxidation sites excluding steroid dienone is 1. The summed E-state index contributed by atoms with van der Waals surface area (Å²) in [4.78, 5) is 0. The van der Waals surface area contributed by atoms with Crippen molar-refractivity contribution in [3.05, 3.63) is 41.1 Å². The van der Waals surface area contributed by atoms with Gasteiger partial charge in [-0.15, -0.1) is 11.6 Å². The van der Waals surface area contributed by atoms with E-state index in [0.717, 1.165) is 0 Å². The summed E-state index contributed by atoms with van der Waals surface area (Å²) < 4.78 is 0. The molecule has 0 fully saturated rings. The normalized spacial score (nSPS) is 13.0. The molecule has 0 N–H and O–H groups in total. The minimum absolute atomic E-state index is 0.657. The van der Waals surface area contributed by atoms with E-state index in [1.54, 1.807) is 0 Å². The van der Waals surface area contributed by atoms with Crippen LogP contribution in [0.4, 0.5) is 0 Å². The highest BCUT2D eigenvalue weighted by Crippen LogP contribution is 2.19. The van der Waals surface area contributed by atoms with E-state index in [4.69, 9.17) is 11.6 Å². The number of hydrogen-bond acceptors (Lipinski definition) is 0. The van der Waals surface area contributed by atoms with Gasteiger partial charge < -0.3 is 0 Å². The van der Waals surface area contributed by atoms with Crippen LogP contribution in [-0.2, 0) is 0 Å². The zero-order valence-electron chi connectivity index (χ0n) is 9.05. The Labute approximate surface area is 92.6 Å². The molecule has 0 aliphatic rings. The molecule has 0 heterocycles. The molecule has 0 aliphatic heterocycles. The van der Waals surface area contributed by atoms with Crippen LogP contribution in [-0.4, -0.2) is 14.0 Å². The van der Waals surface area contributed by atoms with Crippen LogP contribution in [0.1, 0.15) is 5.56 Å². The molecule has 14 heavy (non-hydrogen) atoms. The largest absolute Gasteiger partial charge is 0.122 e. The molecule has 1 rings (SSSR count). The number of rotatable bonds is 3. The van der Waals surface area contributed by atoms with Crippen molar-refractivity contribution in [1.29, 1.82) is 0 Å². The van der Waals surface area contributed by atoms with Crippen LogP contribution in [0, 0.1) is 0 Å². The fraction of sp³-hybridized carbons (Fsp3) is 0.333. The molecule has 1 aromatic rings. The van der Waals surface area contributed by atoms with Crippen LogP contribution < -0.4 is 0 Å². The van der Waals surface area contributed by atoms with Gasteiger partial charge in [0.25, 0.3) is 0 Å². The fourth-order valence-electron chi connectivity index (χ4n) is 1.21. The standard InChI is InChI=1S/C12H17ClSi/c1-14(2,3)12(10-13)9-11-7-5-4-6-8-11/h4-9H,10H2,1-3H3/b12-9+. The maximum absolute atomic E-state index is 5.97. The van der Waals surface area contributed by atoms with Crippen molar-refractivity contribution in [2.75, 3.05) is 5.88 Å². The molecule has 2 heteroatoms. The summed E-state index contributed by atoms with van der Waals surface area (Å²) in [6, 6.07) is 10.4. The minimum atomic E-state index is -1.24. The first-order valence-electron chi connectivity index (χ1n) is 4.86. The Morgan fingerprint density at radius 3 is 2.21 bits per heavy atom. The first-order valence-corrected chi connectivity index (χ1v) is 8.89. The van der Waals surface area contributed by atoms with E-state index >= 15 is 0 Å². The molecule has 0 atom stereocenters. The predicted octanol–water partition coefficient (Wildman–Crippen LogP) is 4.19. The molecule has 0 saturated heterocycles. The topological polar surface area (TPSA) is 0 Å². The molecule has 1 aromatic carbocycles. The summed E-state index contributed by atoms with van der Waals surface area (Å²) in [5.41, 5.74) is 1.26. The van der Waals surface area contributed by atoms with Gasteiger partial charge in [0.2, 0.25) is 0 Å². The van der Waals surface area contributed by atoms with Crippen LogP contribution in [0.5, 0.6) is 0 Å². The summed E-state index contributed by atoms with van der Waals surface area (Å²) in [5.74, 6) is 0.657. The maximum atomic E-state index is 5.97. The van der Waals surface area contributed by atoms with Gasteiger partial charge in [0.1, 0.15) is 0 Å². The van der Waals surface area contributed by atoms with E-state index in [1.165, 1.54) is 10.8 Å². The molecular weight excluding hydrogens is 208 g/mol. The molecule has 0 radical (unpaired) electrons. The highest BCUT2D eigenvalue weighted by molar-refractivity contribution is 6.84. The quantitative estimate of drug-likeness (QED) is 0.534. The van der Waals surface area contributed by atoms with E-state index in [0.29, 0.717) is 5.88 Å². The van der Waals surface area contributed by atoms with Crippen LogP contribution in [0.3, 0.4) is 0 Å². The second kappa shape index (κ2) is 4.81. The molecule has 76 valence electrons. The van der Waals surface area contributed by atoms with Gasteiger partial charge in [-0.1, -0.05) is 61.2 Å². The third kappa shape index (κ3) is 3.32. The maximum Gasteiger partial charge on any atom is 0.0740 e. The van der Waals surface area contributed by atoms with E-state index < -0.39 is 8.07 Å². The average molecular weight is 225 g/mol. The highest BCUT2D eigenvalue weighted by atomic mass is 35.5. The first-order chi connectivity index (χ1) is 6.54. The van der Waals surface area contributed by atoms with Crippen LogP contribution in [0.15, 0.2) is 35.5 Å². The second-order valence-corrected chi connectivity index (χ2v) is 9.87. The predicted molar refractivity (Wildman–Crippen MR) is 68.5 cm³/mol. The van der Waals surface area contributed by atoms with Crippen molar-refractivity contribution in [1.82, 2.24) is 0 Å². The molecular formula is C12H17ClSi. The molecule has 0 aliphatic carbocycles. The minimum Gasteiger partial charge on any atom is -0.122 e. The van der Waals surface area contributed by atoms with E-state index in [9.17, 15) is 0 Å². The highest BCUT2D eigenvalue weighted by Gasteiger charge is 2.18. The molecule has 0 amide bonds. The molecule has 0 spiro atoms. The van der Waals surface area contributed by atoms with Crippen molar-refractivity contribution >= 4 is 25.8 Å². The van der Waals surface area contributed by atoms with Gasteiger partial charge in [0.15, 0.2) is 0 Å². The monoisotopic (exact) mass is 224 g/mol. The van der Waals surface area contributed by atoms with Gasteiger partial charge >= 0.3 is 0 Å². The van der Waals surface area contributed by atoms with Gasteiger partial charge in [0.05, 0.1) is 8.07 Å². The average Bonchev–Trinajstić information content (AvgIpc) is 2.14. The van der Waals surface area contributed by atoms with Gasteiger partial charge in [-0.3, -0.25) is 0 Å². The second-order valence-electron chi connectivity index (χ2n) is 4.46. The van der Waals surface area contributed by atoms with Gasteiger partial charge in [-0.2, -0.15) is 0 Å². The van der Waals surface area contributed by atoms with Crippen molar-refractivity contribution in [2.24, 2.45) is 0 Å². The molecule has 0 aromatic heterocycles. The fourth-order valence-corrected chi connectivity index (χ4v) is 3.49. The molecule has 0 bridgehead atoms. The Kier molecular flexibility index (Phi) is 3.96. The SMILES string of the molecule is C[Si](C)(C)/C(=C/c1ccccc1)CCl. The van der Waals surface area contributed by atoms with Crippen LogP contribution >= 0.6 is 11.6 Å². The lowest BCUT2D eigenvalue weighted by Gasteiger charge is -2.18. The van der Waals surface area contributed by atoms with Crippen LogP contribution in [0.25, 0.3) is 6.08 Å². The van der Waals surface area contributed by atoms with Crippen molar-refractivity contribution < 1.29 is 0 Å². The molecule has 0 saturated carbocycles. The Hall–Kier alpha value is -0.533. The van der Waals surface area contributed by atoms with Gasteiger partial charge in [-0.25, -0.2) is 0 Å². The van der Waals surface area contributed by atoms with E-state index in [2.05, 4.69) is 50.0 Å². The smallest absolute Gasteiger partial charge is 0.0740 e. The Morgan fingerprint density at radius 1 is 1.21 bits per heavy atom. The lowest BCUT2D eigenvalue weighted by atomic mass is 10.2. The number of halogens is 1. The Bertz CT molecular complexity index is 309. The number of benzene rings is 1. The third-order valence-corrected chi connectivity index (χ3v) is 5.01. The summed E-state index contributed by atoms with van der Waals surface area (Å²) >= 11 is 5.97. The van der Waals surface area contributed by atoms with Crippen LogP contribution in [0.2, 0.25) is 19.6 Å². The zero-order chi connectivity index (χ0) is 10.6. The lowest BCUT2D eigenvalue weighted by molar-refractivity contribution is 1.55. The van der Waals surface area contributed by atoms with Crippen molar-refractivity contribution in [3.8, 4) is 0 Å². The van der Waals surface area contributed by atoms with E-state index in [-0.39, 0.29) is 0 Å². The summed E-state index contributed by atoms with van der Waals surface area (Å²) in [7, 11) is -1.24. The van der Waals surface area contributed by atoms with Crippen molar-refractivity contribution in [2.45, 2.75) is 19.6 Å². The van der Waals surface area contributed by atoms with E-state index in [1.807, 2.05) is 6.07 Å². The first kappa shape index (κ1) is 11.5. The molecule has 0 nitrogen and oxygen atoms in total. The Balaban J connectivity index is 2.96. The summed E-state index contributed by atoms with van der Waals surface area (Å²) in [5, 5.41) is 1.41. The number of hydrogen-bond donors (Lipinski definition) is 0. The molecule has 0 unspecified atom stereocenters. The summed E-state index contributed by atoms with van der Waals surface area (Å²) in [6.45, 7) is 6.97. The van der Waals surface area contributed by atoms with Gasteiger partial charge in [0, 0.05) is 5.88 Å². The summed E-state index contributed by atoms with van der Waals surface area (Å²) in [6.07, 6.45) is 2.24. The van der Waals surface area contributed by atoms with Gasteiger partial charge in [-0.05, 0) is 5.56 Å². The Morgan fingerprint density at radius 2 is 1.79 bits per heavy atom.